The van der Waals surface area contributed by atoms with Crippen LogP contribution in [0, 0.1) is 5.92 Å². The number of piperidine rings is 1. The first-order chi connectivity index (χ1) is 11.7. The van der Waals surface area contributed by atoms with Crippen LogP contribution >= 0.6 is 0 Å². The van der Waals surface area contributed by atoms with Crippen LogP contribution in [0.15, 0.2) is 29.3 Å². The van der Waals surface area contributed by atoms with Gasteiger partial charge in [0.2, 0.25) is 5.91 Å². The number of hydrogen-bond donors (Lipinski definition) is 2. The minimum atomic E-state index is 0.240. The molecule has 3 rings (SSSR count). The van der Waals surface area contributed by atoms with Crippen LogP contribution in [0.25, 0.3) is 0 Å². The van der Waals surface area contributed by atoms with E-state index in [9.17, 15) is 4.79 Å². The number of nitrogens with one attached hydrogen (secondary N) is 2. The standard InChI is InChI=1S/C19H28N4O/c1-3-20-19(22-17-12-14(17)2)21-13-15-7-9-16(10-8-15)23-11-5-4-6-18(23)24/h7-10,14,17H,3-6,11-13H2,1-2H3,(H2,20,21,22). The van der Waals surface area contributed by atoms with Crippen LogP contribution < -0.4 is 15.5 Å². The Bertz CT molecular complexity index is 596. The number of guanidine groups is 1. The van der Waals surface area contributed by atoms with Crippen molar-refractivity contribution >= 4 is 17.6 Å². The highest BCUT2D eigenvalue weighted by molar-refractivity contribution is 5.93. The molecule has 24 heavy (non-hydrogen) atoms. The molecule has 5 nitrogen and oxygen atoms in total. The van der Waals surface area contributed by atoms with Crippen molar-refractivity contribution in [3.8, 4) is 0 Å². The maximum atomic E-state index is 12.0. The first kappa shape index (κ1) is 16.8. The number of carbonyl (C=O) groups excluding carboxylic acids is 1. The summed E-state index contributed by atoms with van der Waals surface area (Å²) in [6.45, 7) is 6.68. The molecule has 1 heterocycles. The van der Waals surface area contributed by atoms with Gasteiger partial charge in [-0.1, -0.05) is 19.1 Å². The van der Waals surface area contributed by atoms with Crippen molar-refractivity contribution in [1.29, 1.82) is 0 Å². The summed E-state index contributed by atoms with van der Waals surface area (Å²) in [6.07, 6.45) is 4.00. The summed E-state index contributed by atoms with van der Waals surface area (Å²) >= 11 is 0. The number of hydrogen-bond acceptors (Lipinski definition) is 2. The zero-order chi connectivity index (χ0) is 16.9. The number of nitrogens with zero attached hydrogens (tertiary/aromatic N) is 2. The summed E-state index contributed by atoms with van der Waals surface area (Å²) in [7, 11) is 0. The second-order valence-corrected chi connectivity index (χ2v) is 6.83. The average Bonchev–Trinajstić information content (AvgIpc) is 3.29. The highest BCUT2D eigenvalue weighted by atomic mass is 16.2. The summed E-state index contributed by atoms with van der Waals surface area (Å²) in [5.74, 6) is 1.88. The third-order valence-electron chi connectivity index (χ3n) is 4.77. The van der Waals surface area contributed by atoms with Crippen LogP contribution in [-0.2, 0) is 11.3 Å². The van der Waals surface area contributed by atoms with Gasteiger partial charge in [-0.2, -0.15) is 0 Å². The van der Waals surface area contributed by atoms with Gasteiger partial charge in [-0.3, -0.25) is 4.79 Å². The van der Waals surface area contributed by atoms with Crippen molar-refractivity contribution in [2.75, 3.05) is 18.0 Å². The van der Waals surface area contributed by atoms with E-state index in [1.54, 1.807) is 0 Å². The molecule has 0 radical (unpaired) electrons. The number of rotatable bonds is 5. The van der Waals surface area contributed by atoms with Crippen LogP contribution in [-0.4, -0.2) is 31.0 Å². The second kappa shape index (κ2) is 7.69. The first-order valence-corrected chi connectivity index (χ1v) is 9.11. The molecule has 2 fully saturated rings. The van der Waals surface area contributed by atoms with Gasteiger partial charge in [0.05, 0.1) is 6.54 Å². The average molecular weight is 328 g/mol. The van der Waals surface area contributed by atoms with E-state index in [-0.39, 0.29) is 5.91 Å². The Kier molecular flexibility index (Phi) is 5.38. The lowest BCUT2D eigenvalue weighted by Gasteiger charge is -2.26. The van der Waals surface area contributed by atoms with E-state index in [2.05, 4.69) is 41.6 Å². The maximum Gasteiger partial charge on any atom is 0.226 e. The molecule has 2 atom stereocenters. The molecule has 1 aliphatic heterocycles. The summed E-state index contributed by atoms with van der Waals surface area (Å²) in [6, 6.07) is 8.79. The Labute approximate surface area is 144 Å². The molecule has 2 aliphatic rings. The molecule has 0 bridgehead atoms. The predicted octanol–water partition coefficient (Wildman–Crippen LogP) is 2.67. The summed E-state index contributed by atoms with van der Waals surface area (Å²) in [5, 5.41) is 6.77. The summed E-state index contributed by atoms with van der Waals surface area (Å²) in [5.41, 5.74) is 2.16. The Balaban J connectivity index is 1.60. The number of benzene rings is 1. The molecular weight excluding hydrogens is 300 g/mol. The lowest BCUT2D eigenvalue weighted by atomic mass is 10.1. The van der Waals surface area contributed by atoms with Crippen LogP contribution in [0.4, 0.5) is 5.69 Å². The minimum absolute atomic E-state index is 0.240. The smallest absolute Gasteiger partial charge is 0.226 e. The highest BCUT2D eigenvalue weighted by Gasteiger charge is 2.33. The van der Waals surface area contributed by atoms with Crippen molar-refractivity contribution < 1.29 is 4.79 Å². The van der Waals surface area contributed by atoms with E-state index in [0.29, 0.717) is 19.0 Å². The fourth-order valence-electron chi connectivity index (χ4n) is 3.05. The van der Waals surface area contributed by atoms with Crippen molar-refractivity contribution in [3.63, 3.8) is 0 Å². The molecular formula is C19H28N4O. The Hall–Kier alpha value is -2.04. The Morgan fingerprint density at radius 2 is 2.04 bits per heavy atom. The molecule has 1 saturated heterocycles. The molecule has 1 aliphatic carbocycles. The molecule has 1 aromatic carbocycles. The number of amides is 1. The first-order valence-electron chi connectivity index (χ1n) is 9.11. The molecule has 1 amide bonds. The van der Waals surface area contributed by atoms with E-state index in [4.69, 9.17) is 0 Å². The highest BCUT2D eigenvalue weighted by Crippen LogP contribution is 2.28. The van der Waals surface area contributed by atoms with E-state index >= 15 is 0 Å². The van der Waals surface area contributed by atoms with Gasteiger partial charge >= 0.3 is 0 Å². The quantitative estimate of drug-likeness (QED) is 0.645. The van der Waals surface area contributed by atoms with Crippen molar-refractivity contribution in [1.82, 2.24) is 10.6 Å². The Morgan fingerprint density at radius 3 is 2.67 bits per heavy atom. The predicted molar refractivity (Wildman–Crippen MR) is 98.2 cm³/mol. The number of carbonyl (C=O) groups is 1. The normalized spacial score (nSPS) is 24.0. The van der Waals surface area contributed by atoms with Crippen molar-refractivity contribution in [3.05, 3.63) is 29.8 Å². The number of anilines is 1. The van der Waals surface area contributed by atoms with Gasteiger partial charge in [-0.25, -0.2) is 4.99 Å². The second-order valence-electron chi connectivity index (χ2n) is 6.83. The van der Waals surface area contributed by atoms with Gasteiger partial charge in [0.1, 0.15) is 0 Å². The van der Waals surface area contributed by atoms with E-state index in [1.807, 2.05) is 17.0 Å². The van der Waals surface area contributed by atoms with E-state index in [1.165, 1.54) is 6.42 Å². The molecule has 1 saturated carbocycles. The summed E-state index contributed by atoms with van der Waals surface area (Å²) < 4.78 is 0. The van der Waals surface area contributed by atoms with Gasteiger partial charge in [-0.05, 0) is 49.8 Å². The molecule has 1 aromatic rings. The zero-order valence-corrected chi connectivity index (χ0v) is 14.7. The maximum absolute atomic E-state index is 12.0. The van der Waals surface area contributed by atoms with Crippen molar-refractivity contribution in [2.24, 2.45) is 10.9 Å². The topological polar surface area (TPSA) is 56.7 Å². The fraction of sp³-hybridized carbons (Fsp3) is 0.579. The minimum Gasteiger partial charge on any atom is -0.357 e. The zero-order valence-electron chi connectivity index (χ0n) is 14.7. The lowest BCUT2D eigenvalue weighted by Crippen LogP contribution is -2.39. The molecule has 2 N–H and O–H groups in total. The van der Waals surface area contributed by atoms with Crippen LogP contribution in [0.5, 0.6) is 0 Å². The van der Waals surface area contributed by atoms with Crippen LogP contribution in [0.1, 0.15) is 45.1 Å². The molecule has 130 valence electrons. The summed E-state index contributed by atoms with van der Waals surface area (Å²) in [4.78, 5) is 18.6. The fourth-order valence-corrected chi connectivity index (χ4v) is 3.05. The Morgan fingerprint density at radius 1 is 1.29 bits per heavy atom. The molecule has 5 heteroatoms. The largest absolute Gasteiger partial charge is 0.357 e. The van der Waals surface area contributed by atoms with E-state index in [0.717, 1.165) is 49.1 Å². The van der Waals surface area contributed by atoms with Gasteiger partial charge in [0.15, 0.2) is 5.96 Å². The van der Waals surface area contributed by atoms with Gasteiger partial charge < -0.3 is 15.5 Å². The number of aliphatic imine (C=N–C) groups is 1. The van der Waals surface area contributed by atoms with Gasteiger partial charge in [0, 0.05) is 31.2 Å². The molecule has 0 spiro atoms. The molecule has 0 aromatic heterocycles. The van der Waals surface area contributed by atoms with E-state index < -0.39 is 0 Å². The lowest BCUT2D eigenvalue weighted by molar-refractivity contribution is -0.119. The SMILES string of the molecule is CCNC(=NCc1ccc(N2CCCCC2=O)cc1)NC1CC1C. The third kappa shape index (κ3) is 4.28. The molecule has 2 unspecified atom stereocenters. The monoisotopic (exact) mass is 328 g/mol. The van der Waals surface area contributed by atoms with Crippen LogP contribution in [0.3, 0.4) is 0 Å². The van der Waals surface area contributed by atoms with Gasteiger partial charge in [0.25, 0.3) is 0 Å². The third-order valence-corrected chi connectivity index (χ3v) is 4.77. The van der Waals surface area contributed by atoms with Crippen molar-refractivity contribution in [2.45, 2.75) is 52.1 Å². The van der Waals surface area contributed by atoms with Crippen LogP contribution in [0.2, 0.25) is 0 Å². The van der Waals surface area contributed by atoms with Gasteiger partial charge in [-0.15, -0.1) is 0 Å².